The van der Waals surface area contributed by atoms with Gasteiger partial charge in [0.25, 0.3) is 0 Å². The third kappa shape index (κ3) is 3.30. The van der Waals surface area contributed by atoms with Crippen LogP contribution >= 0.6 is 0 Å². The Morgan fingerprint density at radius 3 is 2.95 bits per heavy atom. The number of ether oxygens (including phenoxy) is 2. The molecular weight excluding hydrogens is 258 g/mol. The van der Waals surface area contributed by atoms with Crippen molar-refractivity contribution in [3.8, 4) is 5.75 Å². The number of benzene rings is 1. The van der Waals surface area contributed by atoms with Gasteiger partial charge in [-0.2, -0.15) is 0 Å². The van der Waals surface area contributed by atoms with Crippen molar-refractivity contribution >= 4 is 16.9 Å². The topological polar surface area (TPSA) is 60.7 Å². The fraction of sp³-hybridized carbons (Fsp3) is 0.400. The molecule has 0 aliphatic heterocycles. The van der Waals surface area contributed by atoms with Gasteiger partial charge >= 0.3 is 5.97 Å². The summed E-state index contributed by atoms with van der Waals surface area (Å²) in [5.41, 5.74) is 0.930. The number of hydrogen-bond donors (Lipinski definition) is 1. The fourth-order valence-electron chi connectivity index (χ4n) is 2.05. The molecule has 0 amide bonds. The summed E-state index contributed by atoms with van der Waals surface area (Å²) < 4.78 is 12.4. The Kier molecular flexibility index (Phi) is 5.01. The summed E-state index contributed by atoms with van der Waals surface area (Å²) in [6, 6.07) is 7.63. The first kappa shape index (κ1) is 14.4. The van der Waals surface area contributed by atoms with Gasteiger partial charge in [0.2, 0.25) is 0 Å². The van der Waals surface area contributed by atoms with Gasteiger partial charge in [0, 0.05) is 24.6 Å². The summed E-state index contributed by atoms with van der Waals surface area (Å²) >= 11 is 0. The maximum absolute atomic E-state index is 11.5. The van der Waals surface area contributed by atoms with E-state index >= 15 is 0 Å². The quantitative estimate of drug-likeness (QED) is 0.621. The van der Waals surface area contributed by atoms with E-state index in [9.17, 15) is 4.79 Å². The van der Waals surface area contributed by atoms with Gasteiger partial charge in [-0.15, -0.1) is 0 Å². The molecule has 1 aromatic carbocycles. The molecule has 0 unspecified atom stereocenters. The largest absolute Gasteiger partial charge is 0.493 e. The fourth-order valence-corrected chi connectivity index (χ4v) is 2.05. The number of carbonyl (C=O) groups excluding carboxylic acids is 1. The van der Waals surface area contributed by atoms with E-state index in [1.807, 2.05) is 35.0 Å². The highest BCUT2D eigenvalue weighted by Crippen LogP contribution is 2.26. The lowest BCUT2D eigenvalue weighted by Gasteiger charge is -2.08. The van der Waals surface area contributed by atoms with Crippen LogP contribution in [0.2, 0.25) is 0 Å². The van der Waals surface area contributed by atoms with Crippen molar-refractivity contribution in [2.24, 2.45) is 0 Å². The molecule has 1 aromatic heterocycles. The number of esters is 1. The molecule has 1 heterocycles. The molecule has 0 aliphatic carbocycles. The first-order chi connectivity index (χ1) is 9.76. The highest BCUT2D eigenvalue weighted by molar-refractivity contribution is 5.87. The standard InChI is InChI=1S/C15H19NO4/c1-2-19-15(18)11-16-8-7-12-13(16)5-3-6-14(12)20-10-4-9-17/h3,5-8,17H,2,4,9-11H2,1H3. The second-order valence-corrected chi connectivity index (χ2v) is 4.36. The van der Waals surface area contributed by atoms with E-state index in [-0.39, 0.29) is 19.1 Å². The maximum Gasteiger partial charge on any atom is 0.325 e. The highest BCUT2D eigenvalue weighted by atomic mass is 16.5. The first-order valence-corrected chi connectivity index (χ1v) is 6.73. The third-order valence-electron chi connectivity index (χ3n) is 2.94. The Balaban J connectivity index is 2.18. The molecule has 108 valence electrons. The van der Waals surface area contributed by atoms with Crippen LogP contribution in [0.25, 0.3) is 10.9 Å². The number of aliphatic hydroxyl groups is 1. The maximum atomic E-state index is 11.5. The molecule has 0 fully saturated rings. The molecule has 0 aliphatic rings. The summed E-state index contributed by atoms with van der Waals surface area (Å²) in [7, 11) is 0. The van der Waals surface area contributed by atoms with Crippen molar-refractivity contribution in [1.29, 1.82) is 0 Å². The van der Waals surface area contributed by atoms with E-state index in [0.717, 1.165) is 16.7 Å². The van der Waals surface area contributed by atoms with Gasteiger partial charge in [0.05, 0.1) is 18.7 Å². The van der Waals surface area contributed by atoms with Crippen molar-refractivity contribution < 1.29 is 19.4 Å². The van der Waals surface area contributed by atoms with Crippen molar-refractivity contribution in [3.63, 3.8) is 0 Å². The summed E-state index contributed by atoms with van der Waals surface area (Å²) in [6.07, 6.45) is 2.44. The van der Waals surface area contributed by atoms with Crippen LogP contribution < -0.4 is 4.74 Å². The van der Waals surface area contributed by atoms with E-state index in [2.05, 4.69) is 0 Å². The van der Waals surface area contributed by atoms with Gasteiger partial charge in [-0.05, 0) is 25.1 Å². The van der Waals surface area contributed by atoms with Gasteiger partial charge in [0.15, 0.2) is 0 Å². The number of fused-ring (bicyclic) bond motifs is 1. The van der Waals surface area contributed by atoms with Gasteiger partial charge in [-0.3, -0.25) is 4.79 Å². The van der Waals surface area contributed by atoms with Crippen LogP contribution in [0.5, 0.6) is 5.75 Å². The zero-order valence-electron chi connectivity index (χ0n) is 11.5. The molecule has 0 spiro atoms. The van der Waals surface area contributed by atoms with Crippen molar-refractivity contribution in [2.75, 3.05) is 19.8 Å². The summed E-state index contributed by atoms with van der Waals surface area (Å²) in [5.74, 6) is 0.509. The van der Waals surface area contributed by atoms with E-state index < -0.39 is 0 Å². The van der Waals surface area contributed by atoms with Gasteiger partial charge < -0.3 is 19.1 Å². The van der Waals surface area contributed by atoms with Crippen LogP contribution in [0, 0.1) is 0 Å². The monoisotopic (exact) mass is 277 g/mol. The lowest BCUT2D eigenvalue weighted by molar-refractivity contribution is -0.143. The Bertz CT molecular complexity index is 576. The predicted molar refractivity (Wildman–Crippen MR) is 75.8 cm³/mol. The molecule has 5 nitrogen and oxygen atoms in total. The SMILES string of the molecule is CCOC(=O)Cn1ccc2c(OCCCO)cccc21. The summed E-state index contributed by atoms with van der Waals surface area (Å²) in [4.78, 5) is 11.5. The average Bonchev–Trinajstić information content (AvgIpc) is 2.83. The van der Waals surface area contributed by atoms with Crippen LogP contribution in [-0.4, -0.2) is 35.5 Å². The molecule has 20 heavy (non-hydrogen) atoms. The molecule has 5 heteroatoms. The van der Waals surface area contributed by atoms with Crippen molar-refractivity contribution in [2.45, 2.75) is 19.9 Å². The number of nitrogens with zero attached hydrogens (tertiary/aromatic N) is 1. The van der Waals surface area contributed by atoms with Crippen LogP contribution in [0.3, 0.4) is 0 Å². The van der Waals surface area contributed by atoms with E-state index in [1.165, 1.54) is 0 Å². The van der Waals surface area contributed by atoms with E-state index in [1.54, 1.807) is 6.92 Å². The Hall–Kier alpha value is -2.01. The Labute approximate surface area is 117 Å². The van der Waals surface area contributed by atoms with Crippen LogP contribution in [0.1, 0.15) is 13.3 Å². The van der Waals surface area contributed by atoms with E-state index in [4.69, 9.17) is 14.6 Å². The molecule has 2 aromatic rings. The first-order valence-electron chi connectivity index (χ1n) is 6.73. The minimum atomic E-state index is -0.253. The molecule has 0 saturated heterocycles. The summed E-state index contributed by atoms with van der Waals surface area (Å²) in [5, 5.41) is 9.73. The van der Waals surface area contributed by atoms with Crippen molar-refractivity contribution in [3.05, 3.63) is 30.5 Å². The molecule has 1 N–H and O–H groups in total. The predicted octanol–water partition coefficient (Wildman–Crippen LogP) is 1.97. The molecular formula is C15H19NO4. The molecule has 0 atom stereocenters. The average molecular weight is 277 g/mol. The Morgan fingerprint density at radius 1 is 1.35 bits per heavy atom. The number of carbonyl (C=O) groups is 1. The molecule has 2 rings (SSSR count). The number of aliphatic hydroxyl groups excluding tert-OH is 1. The minimum Gasteiger partial charge on any atom is -0.493 e. The van der Waals surface area contributed by atoms with Gasteiger partial charge in [-0.1, -0.05) is 6.07 Å². The number of rotatable bonds is 7. The second kappa shape index (κ2) is 6.96. The zero-order chi connectivity index (χ0) is 14.4. The molecule has 0 bridgehead atoms. The lowest BCUT2D eigenvalue weighted by Crippen LogP contribution is -2.12. The second-order valence-electron chi connectivity index (χ2n) is 4.36. The van der Waals surface area contributed by atoms with Crippen LogP contribution in [0.15, 0.2) is 30.5 Å². The van der Waals surface area contributed by atoms with E-state index in [0.29, 0.717) is 19.6 Å². The number of hydrogen-bond acceptors (Lipinski definition) is 4. The van der Waals surface area contributed by atoms with Crippen molar-refractivity contribution in [1.82, 2.24) is 4.57 Å². The Morgan fingerprint density at radius 2 is 2.20 bits per heavy atom. The smallest absolute Gasteiger partial charge is 0.325 e. The normalized spacial score (nSPS) is 10.7. The molecule has 0 saturated carbocycles. The van der Waals surface area contributed by atoms with Gasteiger partial charge in [-0.25, -0.2) is 0 Å². The third-order valence-corrected chi connectivity index (χ3v) is 2.94. The zero-order valence-corrected chi connectivity index (χ0v) is 11.5. The van der Waals surface area contributed by atoms with Crippen LogP contribution in [-0.2, 0) is 16.1 Å². The lowest BCUT2D eigenvalue weighted by atomic mass is 10.2. The molecule has 0 radical (unpaired) electrons. The van der Waals surface area contributed by atoms with Crippen LogP contribution in [0.4, 0.5) is 0 Å². The number of aromatic nitrogens is 1. The summed E-state index contributed by atoms with van der Waals surface area (Å²) in [6.45, 7) is 2.95. The minimum absolute atomic E-state index is 0.111. The highest BCUT2D eigenvalue weighted by Gasteiger charge is 2.09. The van der Waals surface area contributed by atoms with Gasteiger partial charge in [0.1, 0.15) is 12.3 Å².